The molecule has 0 radical (unpaired) electrons. The Morgan fingerprint density at radius 3 is 0.889 bits per heavy atom. The van der Waals surface area contributed by atoms with Crippen molar-refractivity contribution in [2.75, 3.05) is 0 Å². The Kier molecular flexibility index (Phi) is 5.02. The van der Waals surface area contributed by atoms with Crippen molar-refractivity contribution in [3.63, 3.8) is 0 Å². The summed E-state index contributed by atoms with van der Waals surface area (Å²) in [6, 6.07) is 0. The third kappa shape index (κ3) is 2.49. The van der Waals surface area contributed by atoms with Crippen molar-refractivity contribution in [2.45, 2.75) is 45.2 Å². The fourth-order valence-corrected chi connectivity index (χ4v) is 10.1. The van der Waals surface area contributed by atoms with E-state index in [0.29, 0.717) is 0 Å². The van der Waals surface area contributed by atoms with Crippen molar-refractivity contribution in [3.05, 3.63) is 0 Å². The van der Waals surface area contributed by atoms with Crippen LogP contribution in [0, 0.1) is 0 Å². The second-order valence-electron chi connectivity index (χ2n) is 2.91. The zero-order valence-electron chi connectivity index (χ0n) is 7.33. The van der Waals surface area contributed by atoms with Crippen molar-refractivity contribution < 1.29 is 0 Å². The molecule has 0 saturated heterocycles. The van der Waals surface area contributed by atoms with E-state index in [1.165, 1.54) is 0 Å². The molecule has 0 fully saturated rings. The minimum atomic E-state index is -1.39. The Morgan fingerprint density at radius 2 is 0.889 bits per heavy atom. The third-order valence-corrected chi connectivity index (χ3v) is 20.1. The molecule has 0 spiro atoms. The van der Waals surface area contributed by atoms with Gasteiger partial charge in [-0.2, -0.15) is 0 Å². The van der Waals surface area contributed by atoms with Gasteiger partial charge in [0.05, 0.1) is 0 Å². The van der Waals surface area contributed by atoms with Gasteiger partial charge in [-0.1, -0.05) is 0 Å². The van der Waals surface area contributed by atoms with E-state index < -0.39 is 18.8 Å². The first kappa shape index (κ1) is 9.82. The molecule has 0 amide bonds. The molecule has 0 aliphatic carbocycles. The summed E-state index contributed by atoms with van der Waals surface area (Å²) in [5.74, 6) is 0. The quantitative estimate of drug-likeness (QED) is 0.660. The molecule has 0 aromatic rings. The molecule has 58 valence electrons. The molecule has 0 nitrogen and oxygen atoms in total. The summed E-state index contributed by atoms with van der Waals surface area (Å²) in [4.78, 5) is 0. The van der Waals surface area contributed by atoms with Gasteiger partial charge in [-0.05, 0) is 0 Å². The van der Waals surface area contributed by atoms with E-state index >= 15 is 0 Å². The fraction of sp³-hybridized carbons (Fsp3) is 1.00. The van der Waals surface area contributed by atoms with E-state index in [2.05, 4.69) is 27.7 Å². The molecule has 9 heavy (non-hydrogen) atoms. The van der Waals surface area contributed by atoms with Crippen molar-refractivity contribution in [1.29, 1.82) is 0 Å². The summed E-state index contributed by atoms with van der Waals surface area (Å²) in [5, 5.41) is 0. The Hall–Kier alpha value is 0.818. The molecule has 0 bridgehead atoms. The van der Waals surface area contributed by atoms with E-state index in [4.69, 9.17) is 0 Å². The van der Waals surface area contributed by atoms with Gasteiger partial charge in [0.2, 0.25) is 0 Å². The molecule has 0 heterocycles. The second-order valence-corrected chi connectivity index (χ2v) is 19.5. The van der Waals surface area contributed by atoms with Crippen LogP contribution in [0.2, 0.25) is 17.5 Å². The average molecular weight is 239 g/mol. The van der Waals surface area contributed by atoms with Gasteiger partial charge in [-0.15, -0.1) is 0 Å². The summed E-state index contributed by atoms with van der Waals surface area (Å²) in [5.41, 5.74) is 0. The van der Waals surface area contributed by atoms with E-state index in [-0.39, 0.29) is 0 Å². The monoisotopic (exact) mass is 238 g/mol. The van der Waals surface area contributed by atoms with Crippen LogP contribution >= 0.6 is 0 Å². The van der Waals surface area contributed by atoms with Crippen LogP contribution in [0.25, 0.3) is 0 Å². The topological polar surface area (TPSA) is 0 Å². The molecule has 0 aliphatic heterocycles. The summed E-state index contributed by atoms with van der Waals surface area (Å²) in [6.07, 6.45) is 0. The van der Waals surface area contributed by atoms with Gasteiger partial charge in [0, 0.05) is 0 Å². The van der Waals surface area contributed by atoms with E-state index in [1.54, 1.807) is 17.5 Å². The van der Waals surface area contributed by atoms with E-state index in [9.17, 15) is 0 Å². The SMILES string of the molecule is C[CH2][SbH]([CH2]C)([CH2]C)[CH2]C. The van der Waals surface area contributed by atoms with Crippen LogP contribution in [0.1, 0.15) is 27.7 Å². The van der Waals surface area contributed by atoms with Crippen LogP contribution in [0.15, 0.2) is 0 Å². The van der Waals surface area contributed by atoms with Crippen molar-refractivity contribution in [2.24, 2.45) is 0 Å². The molecule has 0 aromatic carbocycles. The van der Waals surface area contributed by atoms with Crippen LogP contribution in [-0.4, -0.2) is 18.8 Å². The first-order valence-electron chi connectivity index (χ1n) is 4.24. The zero-order chi connectivity index (χ0) is 7.33. The van der Waals surface area contributed by atoms with Crippen molar-refractivity contribution in [3.8, 4) is 0 Å². The molecule has 0 aliphatic rings. The summed E-state index contributed by atoms with van der Waals surface area (Å²) < 4.78 is 6.22. The molecular weight excluding hydrogens is 218 g/mol. The second kappa shape index (κ2) is 4.61. The van der Waals surface area contributed by atoms with Crippen LogP contribution in [0.5, 0.6) is 0 Å². The third-order valence-electron chi connectivity index (χ3n) is 3.00. The average Bonchev–Trinajstić information content (AvgIpc) is 1.95. The fourth-order valence-electron chi connectivity index (χ4n) is 1.50. The van der Waals surface area contributed by atoms with Gasteiger partial charge in [0.25, 0.3) is 0 Å². The first-order chi connectivity index (χ1) is 4.24. The zero-order valence-corrected chi connectivity index (χ0v) is 10.2. The van der Waals surface area contributed by atoms with Gasteiger partial charge in [-0.25, -0.2) is 0 Å². The predicted octanol–water partition coefficient (Wildman–Crippen LogP) is 3.25. The Bertz CT molecular complexity index is 47.5. The Morgan fingerprint density at radius 1 is 0.667 bits per heavy atom. The van der Waals surface area contributed by atoms with Gasteiger partial charge in [0.1, 0.15) is 0 Å². The van der Waals surface area contributed by atoms with E-state index in [0.717, 1.165) is 0 Å². The van der Waals surface area contributed by atoms with E-state index in [1.807, 2.05) is 0 Å². The van der Waals surface area contributed by atoms with Gasteiger partial charge >= 0.3 is 64.0 Å². The Balaban J connectivity index is 3.82. The summed E-state index contributed by atoms with van der Waals surface area (Å²) >= 11 is -1.39. The normalized spacial score (nSPS) is 13.8. The Labute approximate surface area is 64.0 Å². The molecule has 0 rings (SSSR count). The van der Waals surface area contributed by atoms with Gasteiger partial charge in [-0.3, -0.25) is 0 Å². The van der Waals surface area contributed by atoms with Crippen molar-refractivity contribution in [1.82, 2.24) is 0 Å². The van der Waals surface area contributed by atoms with Crippen molar-refractivity contribution >= 4 is 18.8 Å². The van der Waals surface area contributed by atoms with Crippen LogP contribution < -0.4 is 0 Å². The maximum atomic E-state index is 2.40. The number of rotatable bonds is 4. The van der Waals surface area contributed by atoms with Crippen LogP contribution in [0.4, 0.5) is 0 Å². The number of hydrogen-bond acceptors (Lipinski definition) is 0. The summed E-state index contributed by atoms with van der Waals surface area (Å²) in [7, 11) is 0. The number of hydrogen-bond donors (Lipinski definition) is 0. The molecule has 0 unspecified atom stereocenters. The molecule has 0 atom stereocenters. The molecule has 0 saturated carbocycles. The minimum absolute atomic E-state index is 1.39. The molecule has 0 N–H and O–H groups in total. The molecular formula is C8H21Sb. The first-order valence-corrected chi connectivity index (χ1v) is 12.3. The predicted molar refractivity (Wildman–Crippen MR) is 49.1 cm³/mol. The molecule has 1 heteroatoms. The van der Waals surface area contributed by atoms with Crippen LogP contribution in [0.3, 0.4) is 0 Å². The summed E-state index contributed by atoms with van der Waals surface area (Å²) in [6.45, 7) is 9.58. The van der Waals surface area contributed by atoms with Gasteiger partial charge in [0.15, 0.2) is 0 Å². The van der Waals surface area contributed by atoms with Gasteiger partial charge < -0.3 is 0 Å². The maximum absolute atomic E-state index is 2.40. The standard InChI is InChI=1S/4C2H5.Sb.H/c4*1-2;;/h4*1H2,2H3;;. The van der Waals surface area contributed by atoms with Crippen LogP contribution in [-0.2, 0) is 0 Å². The molecule has 0 aromatic heterocycles.